The van der Waals surface area contributed by atoms with Gasteiger partial charge in [-0.15, -0.1) is 0 Å². The third-order valence-corrected chi connectivity index (χ3v) is 3.38. The van der Waals surface area contributed by atoms with E-state index in [1.165, 1.54) is 0 Å². The van der Waals surface area contributed by atoms with E-state index in [9.17, 15) is 4.79 Å². The number of aryl methyl sites for hydroxylation is 1. The molecule has 1 amide bonds. The Bertz CT molecular complexity index is 564. The largest absolute Gasteiger partial charge is 0.444 e. The molecule has 1 atom stereocenters. The molecule has 6 heteroatoms. The second-order valence-corrected chi connectivity index (χ2v) is 7.08. The van der Waals surface area contributed by atoms with Crippen LogP contribution in [0.4, 0.5) is 4.79 Å². The van der Waals surface area contributed by atoms with E-state index in [0.717, 1.165) is 5.56 Å². The summed E-state index contributed by atoms with van der Waals surface area (Å²) in [4.78, 5) is 11.9. The lowest BCUT2D eigenvalue weighted by atomic mass is 10.0. The molecule has 0 aliphatic carbocycles. The number of rotatable bonds is 6. The van der Waals surface area contributed by atoms with Crippen molar-refractivity contribution in [3.8, 4) is 6.07 Å². The van der Waals surface area contributed by atoms with Gasteiger partial charge in [0.2, 0.25) is 0 Å². The quantitative estimate of drug-likeness (QED) is 0.844. The molecule has 1 aromatic heterocycles. The first-order valence-corrected chi connectivity index (χ1v) is 7.88. The highest BCUT2D eigenvalue weighted by molar-refractivity contribution is 5.68. The van der Waals surface area contributed by atoms with Crippen LogP contribution in [0, 0.1) is 17.2 Å². The van der Waals surface area contributed by atoms with E-state index in [1.54, 1.807) is 4.57 Å². The number of amides is 1. The monoisotopic (exact) mass is 320 g/mol. The zero-order valence-electron chi connectivity index (χ0n) is 14.9. The van der Waals surface area contributed by atoms with Gasteiger partial charge in [-0.05, 0) is 38.3 Å². The molecular weight excluding hydrogens is 292 g/mol. The highest BCUT2D eigenvalue weighted by Gasteiger charge is 2.21. The van der Waals surface area contributed by atoms with Crippen molar-refractivity contribution < 1.29 is 9.53 Å². The highest BCUT2D eigenvalue weighted by atomic mass is 16.6. The number of alkyl carbamates (subject to hydrolysis) is 1. The van der Waals surface area contributed by atoms with E-state index in [0.29, 0.717) is 18.8 Å². The van der Waals surface area contributed by atoms with E-state index >= 15 is 0 Å². The Morgan fingerprint density at radius 2 is 2.09 bits per heavy atom. The summed E-state index contributed by atoms with van der Waals surface area (Å²) in [6.07, 6.45) is 1.53. The molecule has 1 rings (SSSR count). The minimum Gasteiger partial charge on any atom is -0.444 e. The van der Waals surface area contributed by atoms with Crippen LogP contribution >= 0.6 is 0 Å². The predicted molar refractivity (Wildman–Crippen MR) is 89.8 cm³/mol. The Kier molecular flexibility index (Phi) is 6.64. The molecule has 0 fully saturated rings. The summed E-state index contributed by atoms with van der Waals surface area (Å²) < 4.78 is 7.10. The Morgan fingerprint density at radius 1 is 1.43 bits per heavy atom. The van der Waals surface area contributed by atoms with Crippen molar-refractivity contribution in [1.82, 2.24) is 15.2 Å². The minimum absolute atomic E-state index is 0.0241. The summed E-state index contributed by atoms with van der Waals surface area (Å²) in [7, 11) is 1.85. The maximum atomic E-state index is 11.9. The van der Waals surface area contributed by atoms with E-state index in [1.807, 2.05) is 40.1 Å². The second kappa shape index (κ2) is 8.02. The fourth-order valence-corrected chi connectivity index (χ4v) is 2.13. The van der Waals surface area contributed by atoms with Gasteiger partial charge < -0.3 is 19.9 Å². The van der Waals surface area contributed by atoms with E-state index in [-0.39, 0.29) is 12.0 Å². The van der Waals surface area contributed by atoms with Gasteiger partial charge in [-0.1, -0.05) is 13.8 Å². The molecular formula is C17H28N4O2. The van der Waals surface area contributed by atoms with Crippen molar-refractivity contribution in [3.63, 3.8) is 0 Å². The van der Waals surface area contributed by atoms with Gasteiger partial charge in [0.15, 0.2) is 0 Å². The number of hydrogen-bond acceptors (Lipinski definition) is 4. The van der Waals surface area contributed by atoms with Gasteiger partial charge in [0.1, 0.15) is 17.4 Å². The standard InChI is InChI=1S/C17H28N4O2/c1-12(2)15(20-16(22)23-17(3,4)5)10-19-9-13-7-14(8-18)21(6)11-13/h7,11-12,15,19H,9-10H2,1-6H3,(H,20,22). The van der Waals surface area contributed by atoms with Gasteiger partial charge >= 0.3 is 6.09 Å². The van der Waals surface area contributed by atoms with Crippen molar-refractivity contribution >= 4 is 6.09 Å². The van der Waals surface area contributed by atoms with E-state index < -0.39 is 11.7 Å². The summed E-state index contributed by atoms with van der Waals surface area (Å²) in [6, 6.07) is 3.98. The topological polar surface area (TPSA) is 79.1 Å². The summed E-state index contributed by atoms with van der Waals surface area (Å²) in [5, 5.41) is 15.2. The number of nitrogens with zero attached hydrogens (tertiary/aromatic N) is 2. The summed E-state index contributed by atoms with van der Waals surface area (Å²) in [6.45, 7) is 10.9. The third-order valence-electron chi connectivity index (χ3n) is 3.38. The van der Waals surface area contributed by atoms with Crippen LogP contribution in [0.5, 0.6) is 0 Å². The molecule has 1 unspecified atom stereocenters. The van der Waals surface area contributed by atoms with E-state index in [2.05, 4.69) is 30.6 Å². The lowest BCUT2D eigenvalue weighted by Gasteiger charge is -2.26. The van der Waals surface area contributed by atoms with Crippen LogP contribution in [0.2, 0.25) is 0 Å². The molecule has 0 radical (unpaired) electrons. The normalized spacial score (nSPS) is 12.8. The van der Waals surface area contributed by atoms with E-state index in [4.69, 9.17) is 10.00 Å². The van der Waals surface area contributed by atoms with Gasteiger partial charge in [0, 0.05) is 32.4 Å². The van der Waals surface area contributed by atoms with Crippen molar-refractivity contribution in [2.75, 3.05) is 6.54 Å². The average molecular weight is 320 g/mol. The molecule has 1 aromatic rings. The predicted octanol–water partition coefficient (Wildman–Crippen LogP) is 2.54. The zero-order valence-corrected chi connectivity index (χ0v) is 14.9. The maximum absolute atomic E-state index is 11.9. The van der Waals surface area contributed by atoms with Crippen molar-refractivity contribution in [1.29, 1.82) is 5.26 Å². The number of carbonyl (C=O) groups excluding carboxylic acids is 1. The summed E-state index contributed by atoms with van der Waals surface area (Å²) in [5.74, 6) is 0.278. The number of carbonyl (C=O) groups is 1. The minimum atomic E-state index is -0.503. The molecule has 0 aliphatic rings. The number of ether oxygens (including phenoxy) is 1. The first-order chi connectivity index (χ1) is 10.6. The SMILES string of the molecule is CC(C)C(CNCc1cc(C#N)n(C)c1)NC(=O)OC(C)(C)C. The molecule has 0 saturated heterocycles. The third kappa shape index (κ3) is 6.74. The molecule has 0 spiro atoms. The average Bonchev–Trinajstić information content (AvgIpc) is 2.75. The Hall–Kier alpha value is -2.00. The fraction of sp³-hybridized carbons (Fsp3) is 0.647. The lowest BCUT2D eigenvalue weighted by molar-refractivity contribution is 0.0490. The molecule has 23 heavy (non-hydrogen) atoms. The van der Waals surface area contributed by atoms with Gasteiger partial charge in [-0.25, -0.2) is 4.79 Å². The molecule has 6 nitrogen and oxygen atoms in total. The van der Waals surface area contributed by atoms with Crippen LogP contribution in [0.1, 0.15) is 45.9 Å². The first-order valence-electron chi connectivity index (χ1n) is 7.88. The lowest BCUT2D eigenvalue weighted by Crippen LogP contribution is -2.46. The van der Waals surface area contributed by atoms with Crippen molar-refractivity contribution in [2.24, 2.45) is 13.0 Å². The second-order valence-electron chi connectivity index (χ2n) is 7.08. The van der Waals surface area contributed by atoms with Crippen LogP contribution in [0.25, 0.3) is 0 Å². The number of aromatic nitrogens is 1. The summed E-state index contributed by atoms with van der Waals surface area (Å²) in [5.41, 5.74) is 1.18. The van der Waals surface area contributed by atoms with Crippen LogP contribution in [0.3, 0.4) is 0 Å². The Labute approximate surface area is 138 Å². The maximum Gasteiger partial charge on any atom is 0.407 e. The molecule has 2 N–H and O–H groups in total. The molecule has 0 aromatic carbocycles. The van der Waals surface area contributed by atoms with Crippen molar-refractivity contribution in [3.05, 3.63) is 23.5 Å². The number of nitrogens with one attached hydrogen (secondary N) is 2. The smallest absolute Gasteiger partial charge is 0.407 e. The number of hydrogen-bond donors (Lipinski definition) is 2. The highest BCUT2D eigenvalue weighted by Crippen LogP contribution is 2.09. The molecule has 0 aliphatic heterocycles. The van der Waals surface area contributed by atoms with Crippen LogP contribution in [-0.2, 0) is 18.3 Å². The molecule has 1 heterocycles. The molecule has 128 valence electrons. The van der Waals surface area contributed by atoms with Gasteiger partial charge in [0.25, 0.3) is 0 Å². The first kappa shape index (κ1) is 19.0. The zero-order chi connectivity index (χ0) is 17.6. The van der Waals surface area contributed by atoms with Crippen LogP contribution < -0.4 is 10.6 Å². The Balaban J connectivity index is 2.50. The van der Waals surface area contributed by atoms with Crippen LogP contribution in [-0.4, -0.2) is 28.8 Å². The van der Waals surface area contributed by atoms with Crippen molar-refractivity contribution in [2.45, 2.75) is 52.8 Å². The van der Waals surface area contributed by atoms with Gasteiger partial charge in [-0.3, -0.25) is 0 Å². The number of nitriles is 1. The van der Waals surface area contributed by atoms with Gasteiger partial charge in [0.05, 0.1) is 0 Å². The fourth-order valence-electron chi connectivity index (χ4n) is 2.13. The van der Waals surface area contributed by atoms with Gasteiger partial charge in [-0.2, -0.15) is 5.26 Å². The molecule has 0 bridgehead atoms. The van der Waals surface area contributed by atoms with Crippen LogP contribution in [0.15, 0.2) is 12.3 Å². The summed E-state index contributed by atoms with van der Waals surface area (Å²) >= 11 is 0. The Morgan fingerprint density at radius 3 is 2.57 bits per heavy atom. The molecule has 0 saturated carbocycles.